The van der Waals surface area contributed by atoms with Crippen molar-refractivity contribution in [3.05, 3.63) is 46.7 Å². The van der Waals surface area contributed by atoms with Crippen LogP contribution in [0, 0.1) is 12.8 Å². The Morgan fingerprint density at radius 2 is 2.19 bits per heavy atom. The summed E-state index contributed by atoms with van der Waals surface area (Å²) < 4.78 is 0. The van der Waals surface area contributed by atoms with Gasteiger partial charge in [-0.3, -0.25) is 14.6 Å². The molecule has 2 aliphatic rings. The number of pyridine rings is 1. The molecule has 31 heavy (non-hydrogen) atoms. The molecule has 0 saturated carbocycles. The quantitative estimate of drug-likeness (QED) is 0.680. The van der Waals surface area contributed by atoms with Crippen LogP contribution in [0.25, 0.3) is 10.6 Å². The molecule has 2 aromatic rings. The van der Waals surface area contributed by atoms with Crippen molar-refractivity contribution < 1.29 is 9.59 Å². The van der Waals surface area contributed by atoms with Crippen LogP contribution in [-0.2, 0) is 4.79 Å². The van der Waals surface area contributed by atoms with Gasteiger partial charge in [0.05, 0.1) is 11.6 Å². The number of nitrogens with zero attached hydrogens (tertiary/aromatic N) is 3. The molecule has 0 spiro atoms. The predicted molar refractivity (Wildman–Crippen MR) is 123 cm³/mol. The van der Waals surface area contributed by atoms with E-state index in [2.05, 4.69) is 21.4 Å². The molecule has 7 heteroatoms. The summed E-state index contributed by atoms with van der Waals surface area (Å²) in [4.78, 5) is 37.1. The SMILES string of the molecule is Cc1nc(-c2cccnc2)sc1C(=O)N1CCCC(C(=O)NCCC2=CCCCC2)C1. The molecule has 0 radical (unpaired) electrons. The molecule has 1 saturated heterocycles. The lowest BCUT2D eigenvalue weighted by atomic mass is 9.96. The van der Waals surface area contributed by atoms with Crippen molar-refractivity contribution in [2.75, 3.05) is 19.6 Å². The number of carbonyl (C=O) groups excluding carboxylic acids is 2. The van der Waals surface area contributed by atoms with E-state index < -0.39 is 0 Å². The Kier molecular flexibility index (Phi) is 7.12. The van der Waals surface area contributed by atoms with Crippen molar-refractivity contribution in [3.63, 3.8) is 0 Å². The maximum absolute atomic E-state index is 13.2. The Hall–Kier alpha value is -2.54. The second kappa shape index (κ2) is 10.2. The van der Waals surface area contributed by atoms with Crippen molar-refractivity contribution in [1.29, 1.82) is 0 Å². The minimum Gasteiger partial charge on any atom is -0.355 e. The van der Waals surface area contributed by atoms with Crippen LogP contribution < -0.4 is 5.32 Å². The maximum Gasteiger partial charge on any atom is 0.265 e. The number of thiazole rings is 1. The van der Waals surface area contributed by atoms with Crippen LogP contribution in [0.5, 0.6) is 0 Å². The number of aryl methyl sites for hydroxylation is 1. The second-order valence-electron chi connectivity index (χ2n) is 8.41. The van der Waals surface area contributed by atoms with Gasteiger partial charge in [-0.25, -0.2) is 4.98 Å². The number of rotatable bonds is 6. The van der Waals surface area contributed by atoms with Crippen LogP contribution >= 0.6 is 11.3 Å². The molecule has 1 atom stereocenters. The molecule has 2 amide bonds. The Bertz CT molecular complexity index is 954. The molecule has 4 rings (SSSR count). The first-order chi connectivity index (χ1) is 15.1. The van der Waals surface area contributed by atoms with E-state index in [1.807, 2.05) is 24.0 Å². The zero-order chi connectivity index (χ0) is 21.6. The summed E-state index contributed by atoms with van der Waals surface area (Å²) in [6.07, 6.45) is 13.3. The third kappa shape index (κ3) is 5.39. The smallest absolute Gasteiger partial charge is 0.265 e. The van der Waals surface area contributed by atoms with Crippen molar-refractivity contribution in [2.45, 2.75) is 51.9 Å². The van der Waals surface area contributed by atoms with Crippen molar-refractivity contribution in [1.82, 2.24) is 20.2 Å². The zero-order valence-electron chi connectivity index (χ0n) is 18.1. The molecule has 3 heterocycles. The van der Waals surface area contributed by atoms with Gasteiger partial charge in [-0.2, -0.15) is 0 Å². The van der Waals surface area contributed by atoms with E-state index in [0.717, 1.165) is 41.9 Å². The highest BCUT2D eigenvalue weighted by atomic mass is 32.1. The highest BCUT2D eigenvalue weighted by Gasteiger charge is 2.30. The van der Waals surface area contributed by atoms with Crippen molar-refractivity contribution in [2.24, 2.45) is 5.92 Å². The number of likely N-dealkylation sites (tertiary alicyclic amines) is 1. The van der Waals surface area contributed by atoms with Crippen molar-refractivity contribution >= 4 is 23.2 Å². The van der Waals surface area contributed by atoms with Gasteiger partial charge < -0.3 is 10.2 Å². The minimum atomic E-state index is -0.135. The average molecular weight is 439 g/mol. The molecule has 1 N–H and O–H groups in total. The number of nitrogens with one attached hydrogen (secondary N) is 1. The van der Waals surface area contributed by atoms with Gasteiger partial charge in [-0.05, 0) is 64.0 Å². The molecular weight excluding hydrogens is 408 g/mol. The number of allylic oxidation sites excluding steroid dienone is 1. The summed E-state index contributed by atoms with van der Waals surface area (Å²) in [6, 6.07) is 3.82. The Morgan fingerprint density at radius 1 is 1.29 bits per heavy atom. The largest absolute Gasteiger partial charge is 0.355 e. The first kappa shape index (κ1) is 21.7. The number of piperidine rings is 1. The van der Waals surface area contributed by atoms with Crippen molar-refractivity contribution in [3.8, 4) is 10.6 Å². The lowest BCUT2D eigenvalue weighted by Crippen LogP contribution is -2.45. The van der Waals surface area contributed by atoms with E-state index in [1.165, 1.54) is 36.2 Å². The van der Waals surface area contributed by atoms with Gasteiger partial charge in [-0.1, -0.05) is 11.6 Å². The first-order valence-corrected chi connectivity index (χ1v) is 12.1. The lowest BCUT2D eigenvalue weighted by Gasteiger charge is -2.32. The van der Waals surface area contributed by atoms with Gasteiger partial charge in [0, 0.05) is 37.6 Å². The van der Waals surface area contributed by atoms with Gasteiger partial charge in [0.2, 0.25) is 5.91 Å². The van der Waals surface area contributed by atoms with Crippen LogP contribution in [0.4, 0.5) is 0 Å². The summed E-state index contributed by atoms with van der Waals surface area (Å²) in [6.45, 7) is 3.73. The van der Waals surface area contributed by atoms with E-state index in [9.17, 15) is 9.59 Å². The van der Waals surface area contributed by atoms with Crippen LogP contribution in [0.15, 0.2) is 36.2 Å². The lowest BCUT2D eigenvalue weighted by molar-refractivity contribution is -0.126. The fourth-order valence-electron chi connectivity index (χ4n) is 4.35. The molecule has 1 aliphatic carbocycles. The predicted octanol–water partition coefficient (Wildman–Crippen LogP) is 4.37. The molecule has 6 nitrogen and oxygen atoms in total. The van der Waals surface area contributed by atoms with Gasteiger partial charge >= 0.3 is 0 Å². The second-order valence-corrected chi connectivity index (χ2v) is 9.41. The third-order valence-electron chi connectivity index (χ3n) is 6.11. The van der Waals surface area contributed by atoms with E-state index >= 15 is 0 Å². The molecule has 0 bridgehead atoms. The van der Waals surface area contributed by atoms with Gasteiger partial charge in [0.25, 0.3) is 5.91 Å². The first-order valence-electron chi connectivity index (χ1n) is 11.2. The third-order valence-corrected chi connectivity index (χ3v) is 7.30. The summed E-state index contributed by atoms with van der Waals surface area (Å²) in [5, 5.41) is 3.90. The number of hydrogen-bond donors (Lipinski definition) is 1. The Morgan fingerprint density at radius 3 is 2.97 bits per heavy atom. The highest BCUT2D eigenvalue weighted by molar-refractivity contribution is 7.17. The molecule has 1 unspecified atom stereocenters. The highest BCUT2D eigenvalue weighted by Crippen LogP contribution is 2.29. The molecule has 2 aromatic heterocycles. The van der Waals surface area contributed by atoms with Crippen LogP contribution in [0.3, 0.4) is 0 Å². The molecule has 0 aromatic carbocycles. The van der Waals surface area contributed by atoms with Gasteiger partial charge in [-0.15, -0.1) is 11.3 Å². The zero-order valence-corrected chi connectivity index (χ0v) is 18.9. The van der Waals surface area contributed by atoms with Crippen LogP contribution in [0.1, 0.15) is 60.3 Å². The van der Waals surface area contributed by atoms with Gasteiger partial charge in [0.1, 0.15) is 9.88 Å². The average Bonchev–Trinajstić information content (AvgIpc) is 3.21. The number of carbonyl (C=O) groups is 2. The van der Waals surface area contributed by atoms with Crippen LogP contribution in [0.2, 0.25) is 0 Å². The van der Waals surface area contributed by atoms with E-state index in [-0.39, 0.29) is 17.7 Å². The maximum atomic E-state index is 13.2. The summed E-state index contributed by atoms with van der Waals surface area (Å²) in [5.41, 5.74) is 3.12. The summed E-state index contributed by atoms with van der Waals surface area (Å²) in [5.74, 6) is -0.0787. The van der Waals surface area contributed by atoms with E-state index in [4.69, 9.17) is 0 Å². The fourth-order valence-corrected chi connectivity index (χ4v) is 5.37. The number of hydrogen-bond acceptors (Lipinski definition) is 5. The molecular formula is C24H30N4O2S. The summed E-state index contributed by atoms with van der Waals surface area (Å²) >= 11 is 1.40. The Labute approximate surface area is 187 Å². The van der Waals surface area contributed by atoms with E-state index in [1.54, 1.807) is 12.4 Å². The molecule has 1 fully saturated rings. The topological polar surface area (TPSA) is 75.2 Å². The Balaban J connectivity index is 1.34. The molecule has 164 valence electrons. The van der Waals surface area contributed by atoms with E-state index in [0.29, 0.717) is 24.5 Å². The van der Waals surface area contributed by atoms with Gasteiger partial charge in [0.15, 0.2) is 0 Å². The normalized spacial score (nSPS) is 19.1. The standard InChI is InChI=1S/C24H30N4O2S/c1-17-21(31-23(27-17)19-9-5-12-25-15-19)24(30)28-14-6-10-20(16-28)22(29)26-13-11-18-7-3-2-4-8-18/h5,7,9,12,15,20H,2-4,6,8,10-11,13-14,16H2,1H3,(H,26,29). The number of amides is 2. The fraction of sp³-hybridized carbons (Fsp3) is 0.500. The van der Waals surface area contributed by atoms with Crippen LogP contribution in [-0.4, -0.2) is 46.3 Å². The molecule has 1 aliphatic heterocycles. The minimum absolute atomic E-state index is 0.0185. The number of aromatic nitrogens is 2. The summed E-state index contributed by atoms with van der Waals surface area (Å²) in [7, 11) is 0. The monoisotopic (exact) mass is 438 g/mol.